The normalized spacial score (nSPS) is 30.1. The van der Waals surface area contributed by atoms with E-state index in [4.69, 9.17) is 9.47 Å². The fourth-order valence-corrected chi connectivity index (χ4v) is 3.29. The fourth-order valence-electron chi connectivity index (χ4n) is 3.29. The Morgan fingerprint density at radius 1 is 1.20 bits per heavy atom. The molecule has 0 aromatic heterocycles. The van der Waals surface area contributed by atoms with Gasteiger partial charge in [-0.25, -0.2) is 0 Å². The van der Waals surface area contributed by atoms with Crippen molar-refractivity contribution in [3.05, 3.63) is 0 Å². The van der Waals surface area contributed by atoms with Crippen LogP contribution in [0.2, 0.25) is 0 Å². The molecule has 0 aromatic rings. The van der Waals surface area contributed by atoms with E-state index >= 15 is 0 Å². The Labute approximate surface area is 123 Å². The Morgan fingerprint density at radius 3 is 2.55 bits per heavy atom. The van der Waals surface area contributed by atoms with Crippen LogP contribution in [0.4, 0.5) is 0 Å². The van der Waals surface area contributed by atoms with Gasteiger partial charge in [0, 0.05) is 7.11 Å². The molecule has 0 spiro atoms. The van der Waals surface area contributed by atoms with Crippen LogP contribution >= 0.6 is 0 Å². The number of hydrogen-bond donors (Lipinski definition) is 2. The van der Waals surface area contributed by atoms with Crippen molar-refractivity contribution in [1.29, 1.82) is 0 Å². The summed E-state index contributed by atoms with van der Waals surface area (Å²) in [4.78, 5) is 0. The number of methoxy groups -OCH3 is 1. The minimum absolute atomic E-state index is 0.179. The molecule has 0 bridgehead atoms. The minimum Gasteiger partial charge on any atom is -0.394 e. The molecule has 3 atom stereocenters. The molecule has 4 nitrogen and oxygen atoms in total. The molecule has 3 unspecified atom stereocenters. The van der Waals surface area contributed by atoms with Crippen molar-refractivity contribution in [3.8, 4) is 0 Å². The summed E-state index contributed by atoms with van der Waals surface area (Å²) in [5.41, 5.74) is -0.212. The van der Waals surface area contributed by atoms with Crippen LogP contribution < -0.4 is 5.32 Å². The second kappa shape index (κ2) is 7.74. The molecular weight excluding hydrogens is 254 g/mol. The molecule has 2 rings (SSSR count). The van der Waals surface area contributed by atoms with Crippen LogP contribution in [0, 0.1) is 5.92 Å². The van der Waals surface area contributed by atoms with Crippen molar-refractivity contribution in [2.75, 3.05) is 26.9 Å². The zero-order valence-corrected chi connectivity index (χ0v) is 13.1. The van der Waals surface area contributed by atoms with E-state index in [0.717, 1.165) is 32.2 Å². The number of hydrogen-bond acceptors (Lipinski definition) is 4. The summed E-state index contributed by atoms with van der Waals surface area (Å²) in [6.45, 7) is 3.92. The lowest BCUT2D eigenvalue weighted by molar-refractivity contribution is -0.0609. The second-order valence-corrected chi connectivity index (χ2v) is 6.47. The molecular formula is C16H31NO3. The standard InChI is InChI=1S/C16H31NO3/c1-3-9-17-16(11-18,13-7-8-13)12-20-15-6-4-5-14(10-15)19-2/h13-15,17-18H,3-12H2,1-2H3. The maximum Gasteiger partial charge on any atom is 0.0679 e. The summed E-state index contributed by atoms with van der Waals surface area (Å²) in [5.74, 6) is 0.584. The van der Waals surface area contributed by atoms with Gasteiger partial charge < -0.3 is 19.9 Å². The maximum atomic E-state index is 9.87. The van der Waals surface area contributed by atoms with Gasteiger partial charge in [0.15, 0.2) is 0 Å². The van der Waals surface area contributed by atoms with E-state index in [1.807, 2.05) is 0 Å². The summed E-state index contributed by atoms with van der Waals surface area (Å²) in [6.07, 6.45) is 8.61. The van der Waals surface area contributed by atoms with Crippen molar-refractivity contribution < 1.29 is 14.6 Å². The SMILES string of the molecule is CCCNC(CO)(COC1CCCC(OC)C1)C1CC1. The third-order valence-electron chi connectivity index (χ3n) is 4.86. The molecule has 0 radical (unpaired) electrons. The zero-order valence-electron chi connectivity index (χ0n) is 13.1. The summed E-state index contributed by atoms with van der Waals surface area (Å²) < 4.78 is 11.6. The number of aliphatic hydroxyl groups excluding tert-OH is 1. The van der Waals surface area contributed by atoms with Crippen LogP contribution in [0.15, 0.2) is 0 Å². The van der Waals surface area contributed by atoms with Gasteiger partial charge in [-0.05, 0) is 57.4 Å². The van der Waals surface area contributed by atoms with Gasteiger partial charge in [-0.2, -0.15) is 0 Å². The third kappa shape index (κ3) is 4.17. The van der Waals surface area contributed by atoms with E-state index in [0.29, 0.717) is 24.7 Å². The number of rotatable bonds is 9. The van der Waals surface area contributed by atoms with Gasteiger partial charge in [-0.15, -0.1) is 0 Å². The first-order chi connectivity index (χ1) is 9.74. The highest BCUT2D eigenvalue weighted by atomic mass is 16.5. The first-order valence-corrected chi connectivity index (χ1v) is 8.24. The smallest absolute Gasteiger partial charge is 0.0679 e. The van der Waals surface area contributed by atoms with Gasteiger partial charge in [0.2, 0.25) is 0 Å². The molecule has 4 heteroatoms. The van der Waals surface area contributed by atoms with Gasteiger partial charge in [-0.1, -0.05) is 6.92 Å². The molecule has 0 amide bonds. The maximum absolute atomic E-state index is 9.87. The predicted molar refractivity (Wildman–Crippen MR) is 79.8 cm³/mol. The largest absolute Gasteiger partial charge is 0.394 e. The Balaban J connectivity index is 1.84. The monoisotopic (exact) mass is 285 g/mol. The van der Waals surface area contributed by atoms with Crippen molar-refractivity contribution in [1.82, 2.24) is 5.32 Å². The van der Waals surface area contributed by atoms with E-state index in [9.17, 15) is 5.11 Å². The lowest BCUT2D eigenvalue weighted by atomic mass is 9.92. The zero-order chi connectivity index (χ0) is 14.4. The highest BCUT2D eigenvalue weighted by Gasteiger charge is 2.45. The molecule has 0 heterocycles. The van der Waals surface area contributed by atoms with Crippen LogP contribution in [0.1, 0.15) is 51.9 Å². The Morgan fingerprint density at radius 2 is 1.95 bits per heavy atom. The topological polar surface area (TPSA) is 50.7 Å². The van der Waals surface area contributed by atoms with Gasteiger partial charge >= 0.3 is 0 Å². The van der Waals surface area contributed by atoms with Crippen LogP contribution in [0.25, 0.3) is 0 Å². The number of nitrogens with one attached hydrogen (secondary N) is 1. The Bertz CT molecular complexity index is 283. The lowest BCUT2D eigenvalue weighted by Gasteiger charge is -2.36. The van der Waals surface area contributed by atoms with Crippen molar-refractivity contribution in [2.45, 2.75) is 69.6 Å². The number of aliphatic hydroxyl groups is 1. The molecule has 2 aliphatic carbocycles. The molecule has 2 saturated carbocycles. The van der Waals surface area contributed by atoms with Crippen LogP contribution in [0.3, 0.4) is 0 Å². The summed E-state index contributed by atoms with van der Waals surface area (Å²) >= 11 is 0. The van der Waals surface area contributed by atoms with Gasteiger partial charge in [0.1, 0.15) is 0 Å². The highest BCUT2D eigenvalue weighted by molar-refractivity contribution is 5.01. The average Bonchev–Trinajstić information content (AvgIpc) is 3.33. The lowest BCUT2D eigenvalue weighted by Crippen LogP contribution is -2.55. The van der Waals surface area contributed by atoms with Gasteiger partial charge in [0.25, 0.3) is 0 Å². The molecule has 118 valence electrons. The molecule has 0 saturated heterocycles. The van der Waals surface area contributed by atoms with Crippen LogP contribution in [0.5, 0.6) is 0 Å². The molecule has 2 fully saturated rings. The van der Waals surface area contributed by atoms with Crippen molar-refractivity contribution in [2.24, 2.45) is 5.92 Å². The van der Waals surface area contributed by atoms with E-state index < -0.39 is 0 Å². The van der Waals surface area contributed by atoms with Crippen molar-refractivity contribution in [3.63, 3.8) is 0 Å². The van der Waals surface area contributed by atoms with Crippen LogP contribution in [-0.2, 0) is 9.47 Å². The molecule has 2 aliphatic rings. The second-order valence-electron chi connectivity index (χ2n) is 6.47. The quantitative estimate of drug-likeness (QED) is 0.681. The molecule has 2 N–H and O–H groups in total. The first kappa shape index (κ1) is 16.2. The number of ether oxygens (including phenoxy) is 2. The average molecular weight is 285 g/mol. The van der Waals surface area contributed by atoms with E-state index in [-0.39, 0.29) is 12.1 Å². The van der Waals surface area contributed by atoms with E-state index in [1.165, 1.54) is 19.3 Å². The third-order valence-corrected chi connectivity index (χ3v) is 4.86. The Kier molecular flexibility index (Phi) is 6.27. The molecule has 0 aromatic carbocycles. The summed E-state index contributed by atoms with van der Waals surface area (Å²) in [7, 11) is 1.79. The Hall–Kier alpha value is -0.160. The minimum atomic E-state index is -0.212. The van der Waals surface area contributed by atoms with Crippen LogP contribution in [-0.4, -0.2) is 49.7 Å². The van der Waals surface area contributed by atoms with Gasteiger partial charge in [-0.3, -0.25) is 0 Å². The highest BCUT2D eigenvalue weighted by Crippen LogP contribution is 2.40. The van der Waals surface area contributed by atoms with Crippen molar-refractivity contribution >= 4 is 0 Å². The van der Waals surface area contributed by atoms with E-state index in [1.54, 1.807) is 7.11 Å². The summed E-state index contributed by atoms with van der Waals surface area (Å²) in [5, 5.41) is 13.4. The molecule has 20 heavy (non-hydrogen) atoms. The predicted octanol–water partition coefficient (Wildman–Crippen LogP) is 2.10. The molecule has 0 aliphatic heterocycles. The van der Waals surface area contributed by atoms with E-state index in [2.05, 4.69) is 12.2 Å². The first-order valence-electron chi connectivity index (χ1n) is 8.24. The van der Waals surface area contributed by atoms with Gasteiger partial charge in [0.05, 0.1) is 31.0 Å². The fraction of sp³-hybridized carbons (Fsp3) is 1.00. The summed E-state index contributed by atoms with van der Waals surface area (Å²) in [6, 6.07) is 0.